The van der Waals surface area contributed by atoms with E-state index in [9.17, 15) is 0 Å². The Hall–Kier alpha value is -0.380. The molecule has 1 saturated carbocycles. The summed E-state index contributed by atoms with van der Waals surface area (Å²) in [4.78, 5) is 1.51. The smallest absolute Gasteiger partial charge is 0.0238 e. The molecule has 1 aliphatic rings. The number of aryl methyl sites for hydroxylation is 1. The van der Waals surface area contributed by atoms with E-state index in [1.165, 1.54) is 56.2 Å². The van der Waals surface area contributed by atoms with Gasteiger partial charge in [-0.1, -0.05) is 32.3 Å². The highest BCUT2D eigenvalue weighted by atomic mass is 32.1. The Morgan fingerprint density at radius 1 is 1.37 bits per heavy atom. The van der Waals surface area contributed by atoms with Gasteiger partial charge in [0.2, 0.25) is 0 Å². The number of thiophene rings is 1. The van der Waals surface area contributed by atoms with E-state index in [1.807, 2.05) is 11.3 Å². The molecule has 0 radical (unpaired) electrons. The zero-order valence-corrected chi connectivity index (χ0v) is 12.9. The van der Waals surface area contributed by atoms with Crippen molar-refractivity contribution in [3.8, 4) is 0 Å². The van der Waals surface area contributed by atoms with Gasteiger partial charge in [-0.25, -0.2) is 0 Å². The Kier molecular flexibility index (Phi) is 6.35. The van der Waals surface area contributed by atoms with Crippen molar-refractivity contribution in [3.63, 3.8) is 0 Å². The molecular formula is C16H28N2S. The molecule has 108 valence electrons. The van der Waals surface area contributed by atoms with Crippen LogP contribution >= 0.6 is 11.3 Å². The third-order valence-electron chi connectivity index (χ3n) is 4.77. The first-order chi connectivity index (χ1) is 9.33. The topological polar surface area (TPSA) is 38.0 Å². The number of hydrazine groups is 1. The second-order valence-corrected chi connectivity index (χ2v) is 6.97. The molecule has 0 bridgehead atoms. The van der Waals surface area contributed by atoms with Crippen molar-refractivity contribution >= 4 is 11.3 Å². The molecular weight excluding hydrogens is 252 g/mol. The number of hydrogen-bond acceptors (Lipinski definition) is 3. The Balaban J connectivity index is 1.71. The number of hydrogen-bond donors (Lipinski definition) is 2. The minimum Gasteiger partial charge on any atom is -0.271 e. The number of nitrogens with two attached hydrogens (primary N) is 1. The fourth-order valence-corrected chi connectivity index (χ4v) is 4.16. The lowest BCUT2D eigenvalue weighted by Gasteiger charge is -2.33. The van der Waals surface area contributed by atoms with E-state index < -0.39 is 0 Å². The van der Waals surface area contributed by atoms with Gasteiger partial charge in [-0.05, 0) is 55.4 Å². The normalized spacial score (nSPS) is 25.4. The van der Waals surface area contributed by atoms with Crippen molar-refractivity contribution in [1.29, 1.82) is 0 Å². The highest BCUT2D eigenvalue weighted by molar-refractivity contribution is 7.09. The highest BCUT2D eigenvalue weighted by Gasteiger charge is 2.25. The Morgan fingerprint density at radius 2 is 2.16 bits per heavy atom. The average Bonchev–Trinajstić information content (AvgIpc) is 2.97. The molecule has 1 unspecified atom stereocenters. The van der Waals surface area contributed by atoms with Gasteiger partial charge < -0.3 is 0 Å². The van der Waals surface area contributed by atoms with Gasteiger partial charge in [0.05, 0.1) is 0 Å². The predicted octanol–water partition coefficient (Wildman–Crippen LogP) is 4.12. The average molecular weight is 280 g/mol. The van der Waals surface area contributed by atoms with Crippen LogP contribution in [-0.2, 0) is 6.42 Å². The largest absolute Gasteiger partial charge is 0.271 e. The molecule has 3 N–H and O–H groups in total. The quantitative estimate of drug-likeness (QED) is 0.582. The summed E-state index contributed by atoms with van der Waals surface area (Å²) >= 11 is 1.87. The first-order valence-electron chi connectivity index (χ1n) is 7.82. The molecule has 0 aliphatic heterocycles. The SMILES string of the molecule is CCC1CCC(C(CCCc2cccs2)NN)CC1. The molecule has 1 atom stereocenters. The van der Waals surface area contributed by atoms with Crippen LogP contribution in [0.5, 0.6) is 0 Å². The molecule has 2 rings (SSSR count). The molecule has 19 heavy (non-hydrogen) atoms. The van der Waals surface area contributed by atoms with Gasteiger partial charge in [-0.3, -0.25) is 11.3 Å². The maximum atomic E-state index is 5.78. The molecule has 2 nitrogen and oxygen atoms in total. The summed E-state index contributed by atoms with van der Waals surface area (Å²) in [7, 11) is 0. The molecule has 1 aromatic heterocycles. The van der Waals surface area contributed by atoms with Crippen LogP contribution in [0.4, 0.5) is 0 Å². The summed E-state index contributed by atoms with van der Waals surface area (Å²) in [6.07, 6.45) is 10.6. The van der Waals surface area contributed by atoms with Crippen LogP contribution < -0.4 is 11.3 Å². The second kappa shape index (κ2) is 8.03. The summed E-state index contributed by atoms with van der Waals surface area (Å²) in [5.74, 6) is 7.56. The molecule has 0 aromatic carbocycles. The molecule has 1 fully saturated rings. The lowest BCUT2D eigenvalue weighted by molar-refractivity contribution is 0.210. The molecule has 1 heterocycles. The van der Waals surface area contributed by atoms with Gasteiger partial charge in [0.1, 0.15) is 0 Å². The zero-order valence-electron chi connectivity index (χ0n) is 12.1. The Morgan fingerprint density at radius 3 is 2.74 bits per heavy atom. The Bertz CT molecular complexity index is 329. The third-order valence-corrected chi connectivity index (χ3v) is 5.71. The van der Waals surface area contributed by atoms with Crippen LogP contribution in [-0.4, -0.2) is 6.04 Å². The summed E-state index contributed by atoms with van der Waals surface area (Å²) < 4.78 is 0. The summed E-state index contributed by atoms with van der Waals surface area (Å²) in [6.45, 7) is 2.32. The van der Waals surface area contributed by atoms with Crippen molar-refractivity contribution in [2.24, 2.45) is 17.7 Å². The van der Waals surface area contributed by atoms with E-state index >= 15 is 0 Å². The van der Waals surface area contributed by atoms with Crippen molar-refractivity contribution in [2.75, 3.05) is 0 Å². The van der Waals surface area contributed by atoms with Crippen molar-refractivity contribution in [3.05, 3.63) is 22.4 Å². The first kappa shape index (κ1) is 15.0. The van der Waals surface area contributed by atoms with Crippen LogP contribution in [0.25, 0.3) is 0 Å². The van der Waals surface area contributed by atoms with Gasteiger partial charge in [0.15, 0.2) is 0 Å². The minimum absolute atomic E-state index is 0.526. The van der Waals surface area contributed by atoms with Gasteiger partial charge >= 0.3 is 0 Å². The lowest BCUT2D eigenvalue weighted by atomic mass is 9.76. The fraction of sp³-hybridized carbons (Fsp3) is 0.750. The van der Waals surface area contributed by atoms with E-state index in [1.54, 1.807) is 0 Å². The van der Waals surface area contributed by atoms with Gasteiger partial charge in [0.25, 0.3) is 0 Å². The third kappa shape index (κ3) is 4.59. The second-order valence-electron chi connectivity index (χ2n) is 5.93. The molecule has 0 amide bonds. The van der Waals surface area contributed by atoms with Crippen molar-refractivity contribution in [1.82, 2.24) is 5.43 Å². The fourth-order valence-electron chi connectivity index (χ4n) is 3.41. The lowest BCUT2D eigenvalue weighted by Crippen LogP contribution is -2.42. The van der Waals surface area contributed by atoms with Gasteiger partial charge in [-0.15, -0.1) is 11.3 Å². The number of nitrogens with one attached hydrogen (secondary N) is 1. The standard InChI is InChI=1S/C16H28N2S/c1-2-13-8-10-14(11-9-13)16(18-17)7-3-5-15-6-4-12-19-15/h4,6,12-14,16,18H,2-3,5,7-11,17H2,1H3. The van der Waals surface area contributed by atoms with E-state index in [0.29, 0.717) is 6.04 Å². The monoisotopic (exact) mass is 280 g/mol. The van der Waals surface area contributed by atoms with Crippen LogP contribution in [0.2, 0.25) is 0 Å². The number of rotatable bonds is 7. The maximum Gasteiger partial charge on any atom is 0.0238 e. The van der Waals surface area contributed by atoms with Crippen LogP contribution in [0, 0.1) is 11.8 Å². The van der Waals surface area contributed by atoms with Crippen molar-refractivity contribution < 1.29 is 0 Å². The highest BCUT2D eigenvalue weighted by Crippen LogP contribution is 2.33. The van der Waals surface area contributed by atoms with Crippen LogP contribution in [0.1, 0.15) is 56.7 Å². The molecule has 0 spiro atoms. The van der Waals surface area contributed by atoms with E-state index in [4.69, 9.17) is 5.84 Å². The molecule has 1 aliphatic carbocycles. The Labute approximate surface area is 121 Å². The molecule has 1 aromatic rings. The maximum absolute atomic E-state index is 5.78. The van der Waals surface area contributed by atoms with Gasteiger partial charge in [0, 0.05) is 10.9 Å². The van der Waals surface area contributed by atoms with E-state index in [2.05, 4.69) is 29.9 Å². The van der Waals surface area contributed by atoms with E-state index in [0.717, 1.165) is 11.8 Å². The first-order valence-corrected chi connectivity index (χ1v) is 8.70. The minimum atomic E-state index is 0.526. The van der Waals surface area contributed by atoms with Gasteiger partial charge in [-0.2, -0.15) is 0 Å². The summed E-state index contributed by atoms with van der Waals surface area (Å²) in [5.41, 5.74) is 3.09. The van der Waals surface area contributed by atoms with Crippen LogP contribution in [0.3, 0.4) is 0 Å². The van der Waals surface area contributed by atoms with Crippen LogP contribution in [0.15, 0.2) is 17.5 Å². The summed E-state index contributed by atoms with van der Waals surface area (Å²) in [5, 5.41) is 2.17. The molecule has 3 heteroatoms. The van der Waals surface area contributed by atoms with E-state index in [-0.39, 0.29) is 0 Å². The predicted molar refractivity (Wildman–Crippen MR) is 84.1 cm³/mol. The summed E-state index contributed by atoms with van der Waals surface area (Å²) in [6, 6.07) is 4.91. The molecule has 0 saturated heterocycles. The zero-order chi connectivity index (χ0) is 13.5. The van der Waals surface area contributed by atoms with Crippen molar-refractivity contribution in [2.45, 2.75) is 64.3 Å².